The van der Waals surface area contributed by atoms with Gasteiger partial charge < -0.3 is 40.2 Å². The van der Waals surface area contributed by atoms with E-state index in [1.165, 1.54) is 6.08 Å². The Morgan fingerprint density at radius 2 is 1.26 bits per heavy atom. The maximum absolute atomic E-state index is 13.7. The third kappa shape index (κ3) is 18.4. The van der Waals surface area contributed by atoms with Crippen LogP contribution in [0.3, 0.4) is 0 Å². The summed E-state index contributed by atoms with van der Waals surface area (Å²) in [6, 6.07) is 13.0. The Morgan fingerprint density at radius 3 is 1.83 bits per heavy atom. The highest BCUT2D eigenvalue weighted by molar-refractivity contribution is 5.95. The van der Waals surface area contributed by atoms with Gasteiger partial charge in [-0.05, 0) is 59.6 Å². The van der Waals surface area contributed by atoms with Gasteiger partial charge in [-0.25, -0.2) is 9.59 Å². The molecule has 2 aromatic rings. The van der Waals surface area contributed by atoms with Crippen LogP contribution in [-0.2, 0) is 54.3 Å². The molecular weight excluding hydrogens is 688 g/mol. The van der Waals surface area contributed by atoms with Gasteiger partial charge in [0.25, 0.3) is 0 Å². The summed E-state index contributed by atoms with van der Waals surface area (Å²) >= 11 is 0. The van der Waals surface area contributed by atoms with Crippen molar-refractivity contribution in [1.82, 2.24) is 21.3 Å². The normalized spacial score (nSPS) is 13.0. The lowest BCUT2D eigenvalue weighted by Gasteiger charge is -2.25. The molecule has 2 aromatic carbocycles. The standard InChI is InChI=1S/C38H50N4O11/c1-8-50-30(44)20-19-27(21-31(45)52-37(2,3)4)40-29(43)23-39-35(48)33(26-17-13-10-14-18-26)42-34(47)28(22-32(46)53-38(5,6)7)41-36(49)51-24-25-15-11-9-12-16-25/h9-20,27-28,33H,8,21-24H2,1-7H3,(H,39,48)(H,40,43)(H,41,49)(H,42,47)/b20-19+/t27-,28+,33+/m1/s1. The van der Waals surface area contributed by atoms with Gasteiger partial charge in [0.1, 0.15) is 29.9 Å². The fraction of sp³-hybridized carbons (Fsp3) is 0.447. The number of esters is 3. The largest absolute Gasteiger partial charge is 0.463 e. The van der Waals surface area contributed by atoms with Crippen molar-refractivity contribution >= 4 is 41.7 Å². The zero-order valence-electron chi connectivity index (χ0n) is 31.2. The fourth-order valence-electron chi connectivity index (χ4n) is 4.50. The number of nitrogens with one attached hydrogen (secondary N) is 4. The number of hydrogen-bond donors (Lipinski definition) is 4. The van der Waals surface area contributed by atoms with Crippen molar-refractivity contribution in [3.05, 3.63) is 83.9 Å². The summed E-state index contributed by atoms with van der Waals surface area (Å²) in [4.78, 5) is 90.1. The number of carbonyl (C=O) groups is 7. The monoisotopic (exact) mass is 738 g/mol. The number of ether oxygens (including phenoxy) is 4. The van der Waals surface area contributed by atoms with Crippen molar-refractivity contribution in [1.29, 1.82) is 0 Å². The van der Waals surface area contributed by atoms with Gasteiger partial charge in [-0.2, -0.15) is 0 Å². The van der Waals surface area contributed by atoms with Crippen molar-refractivity contribution in [2.45, 2.75) is 97.2 Å². The van der Waals surface area contributed by atoms with Crippen LogP contribution in [0, 0.1) is 0 Å². The summed E-state index contributed by atoms with van der Waals surface area (Å²) in [5, 5.41) is 9.95. The highest BCUT2D eigenvalue weighted by atomic mass is 16.6. The Bertz CT molecular complexity index is 1580. The first-order valence-electron chi connectivity index (χ1n) is 17.0. The van der Waals surface area contributed by atoms with Crippen LogP contribution in [-0.4, -0.2) is 78.2 Å². The third-order valence-electron chi connectivity index (χ3n) is 6.62. The van der Waals surface area contributed by atoms with Gasteiger partial charge in [0, 0.05) is 6.08 Å². The maximum Gasteiger partial charge on any atom is 0.408 e. The molecule has 53 heavy (non-hydrogen) atoms. The quantitative estimate of drug-likeness (QED) is 0.105. The zero-order chi connectivity index (χ0) is 39.6. The lowest BCUT2D eigenvalue weighted by atomic mass is 10.0. The molecule has 0 fully saturated rings. The van der Waals surface area contributed by atoms with E-state index in [1.54, 1.807) is 109 Å². The second kappa shape index (κ2) is 21.0. The molecule has 0 heterocycles. The van der Waals surface area contributed by atoms with E-state index < -0.39 is 84.0 Å². The van der Waals surface area contributed by atoms with Crippen LogP contribution in [0.4, 0.5) is 4.79 Å². The average molecular weight is 739 g/mol. The van der Waals surface area contributed by atoms with Crippen molar-refractivity contribution in [2.24, 2.45) is 0 Å². The van der Waals surface area contributed by atoms with E-state index in [1.807, 2.05) is 0 Å². The van der Waals surface area contributed by atoms with E-state index in [0.29, 0.717) is 11.1 Å². The molecule has 0 unspecified atom stereocenters. The molecule has 4 N–H and O–H groups in total. The van der Waals surface area contributed by atoms with Crippen LogP contribution in [0.25, 0.3) is 0 Å². The molecule has 0 aliphatic heterocycles. The first kappa shape index (κ1) is 43.4. The number of hydrogen-bond acceptors (Lipinski definition) is 11. The molecule has 0 aliphatic carbocycles. The first-order valence-corrected chi connectivity index (χ1v) is 17.0. The minimum Gasteiger partial charge on any atom is -0.463 e. The van der Waals surface area contributed by atoms with Crippen LogP contribution in [0.15, 0.2) is 72.8 Å². The Balaban J connectivity index is 2.22. The van der Waals surface area contributed by atoms with Crippen molar-refractivity contribution in [3.63, 3.8) is 0 Å². The van der Waals surface area contributed by atoms with Crippen molar-refractivity contribution < 1.29 is 52.5 Å². The smallest absolute Gasteiger partial charge is 0.408 e. The number of rotatable bonds is 17. The van der Waals surface area contributed by atoms with E-state index in [0.717, 1.165) is 6.08 Å². The second-order valence-corrected chi connectivity index (χ2v) is 13.7. The molecule has 0 saturated carbocycles. The Hall–Kier alpha value is -5.73. The lowest BCUT2D eigenvalue weighted by Crippen LogP contribution is -2.52. The predicted molar refractivity (Wildman–Crippen MR) is 193 cm³/mol. The molecule has 4 amide bonds. The molecule has 0 aliphatic rings. The van der Waals surface area contributed by atoms with Crippen LogP contribution in [0.5, 0.6) is 0 Å². The molecular formula is C38H50N4O11. The van der Waals surface area contributed by atoms with Crippen LogP contribution < -0.4 is 21.3 Å². The minimum atomic E-state index is -1.52. The topological polar surface area (TPSA) is 205 Å². The van der Waals surface area contributed by atoms with Gasteiger partial charge in [0.05, 0.1) is 32.0 Å². The first-order chi connectivity index (χ1) is 24.8. The summed E-state index contributed by atoms with van der Waals surface area (Å²) in [5.74, 6) is -4.59. The van der Waals surface area contributed by atoms with E-state index in [4.69, 9.17) is 18.9 Å². The zero-order valence-corrected chi connectivity index (χ0v) is 31.2. The fourth-order valence-corrected chi connectivity index (χ4v) is 4.50. The Kier molecular flexibility index (Phi) is 17.2. The number of alkyl carbamates (subject to hydrolysis) is 1. The van der Waals surface area contributed by atoms with Crippen LogP contribution in [0.1, 0.15) is 78.5 Å². The summed E-state index contributed by atoms with van der Waals surface area (Å²) in [6.45, 7) is 11.0. The summed E-state index contributed by atoms with van der Waals surface area (Å²) in [6.07, 6.45) is 0.436. The van der Waals surface area contributed by atoms with E-state index >= 15 is 0 Å². The second-order valence-electron chi connectivity index (χ2n) is 13.7. The van der Waals surface area contributed by atoms with Gasteiger partial charge in [-0.15, -0.1) is 0 Å². The van der Waals surface area contributed by atoms with Gasteiger partial charge in [-0.1, -0.05) is 66.7 Å². The van der Waals surface area contributed by atoms with E-state index in [2.05, 4.69) is 21.3 Å². The Labute approximate surface area is 309 Å². The third-order valence-corrected chi connectivity index (χ3v) is 6.62. The van der Waals surface area contributed by atoms with Crippen LogP contribution in [0.2, 0.25) is 0 Å². The molecule has 288 valence electrons. The van der Waals surface area contributed by atoms with Gasteiger partial charge in [0.2, 0.25) is 17.7 Å². The maximum atomic E-state index is 13.7. The van der Waals surface area contributed by atoms with Gasteiger partial charge in [0.15, 0.2) is 0 Å². The highest BCUT2D eigenvalue weighted by Gasteiger charge is 2.32. The molecule has 2 rings (SSSR count). The molecule has 0 spiro atoms. The Morgan fingerprint density at radius 1 is 0.698 bits per heavy atom. The number of amides is 4. The summed E-state index contributed by atoms with van der Waals surface area (Å²) in [5.41, 5.74) is -0.682. The molecule has 15 nitrogen and oxygen atoms in total. The van der Waals surface area contributed by atoms with Crippen molar-refractivity contribution in [3.8, 4) is 0 Å². The molecule has 3 atom stereocenters. The predicted octanol–water partition coefficient (Wildman–Crippen LogP) is 3.32. The molecule has 0 saturated heterocycles. The van der Waals surface area contributed by atoms with E-state index in [-0.39, 0.29) is 19.6 Å². The average Bonchev–Trinajstić information content (AvgIpc) is 3.06. The molecule has 0 bridgehead atoms. The summed E-state index contributed by atoms with van der Waals surface area (Å²) < 4.78 is 20.8. The van der Waals surface area contributed by atoms with Crippen LogP contribution >= 0.6 is 0 Å². The molecule has 15 heteroatoms. The van der Waals surface area contributed by atoms with Gasteiger partial charge in [-0.3, -0.25) is 24.0 Å². The summed E-state index contributed by atoms with van der Waals surface area (Å²) in [7, 11) is 0. The lowest BCUT2D eigenvalue weighted by molar-refractivity contribution is -0.157. The van der Waals surface area contributed by atoms with E-state index in [9.17, 15) is 33.6 Å². The number of benzene rings is 2. The molecule has 0 radical (unpaired) electrons. The number of carbonyl (C=O) groups excluding carboxylic acids is 7. The van der Waals surface area contributed by atoms with Crippen molar-refractivity contribution in [2.75, 3.05) is 13.2 Å². The minimum absolute atomic E-state index is 0.109. The van der Waals surface area contributed by atoms with Gasteiger partial charge >= 0.3 is 24.0 Å². The molecule has 0 aromatic heterocycles. The highest BCUT2D eigenvalue weighted by Crippen LogP contribution is 2.15. The SMILES string of the molecule is CCOC(=O)/C=C/[C@H](CC(=O)OC(C)(C)C)NC(=O)CNC(=O)[C@@H](NC(=O)[C@H](CC(=O)OC(C)(C)C)NC(=O)OCc1ccccc1)c1ccccc1.